The summed E-state index contributed by atoms with van der Waals surface area (Å²) in [6, 6.07) is 7.56. The normalized spacial score (nSPS) is 11.0. The van der Waals surface area contributed by atoms with E-state index in [0.29, 0.717) is 24.8 Å². The number of hydrogen-bond acceptors (Lipinski definition) is 6. The van der Waals surface area contributed by atoms with Crippen LogP contribution in [0.3, 0.4) is 0 Å². The summed E-state index contributed by atoms with van der Waals surface area (Å²) in [5.41, 5.74) is 6.39. The van der Waals surface area contributed by atoms with Crippen LogP contribution in [0.1, 0.15) is 12.3 Å². The molecule has 0 fully saturated rings. The second kappa shape index (κ2) is 7.02. The molecule has 6 nitrogen and oxygen atoms in total. The number of methoxy groups -OCH3 is 1. The molecule has 0 aliphatic heterocycles. The van der Waals surface area contributed by atoms with Gasteiger partial charge in [-0.05, 0) is 50.8 Å². The Bertz CT molecular complexity index is 524. The molecule has 0 radical (unpaired) electrons. The Balaban J connectivity index is 2.00. The molecule has 0 spiro atoms. The van der Waals surface area contributed by atoms with Crippen molar-refractivity contribution in [2.24, 2.45) is 5.73 Å². The van der Waals surface area contributed by atoms with Crippen LogP contribution in [-0.2, 0) is 6.54 Å². The largest absolute Gasteiger partial charge is 0.497 e. The molecule has 0 atom stereocenters. The maximum atomic E-state index is 5.49. The molecule has 0 saturated carbocycles. The summed E-state index contributed by atoms with van der Waals surface area (Å²) in [6.45, 7) is 2.23. The zero-order chi connectivity index (χ0) is 14.4. The van der Waals surface area contributed by atoms with Gasteiger partial charge in [0.2, 0.25) is 11.7 Å². The van der Waals surface area contributed by atoms with Crippen LogP contribution >= 0.6 is 0 Å². The third-order valence-corrected chi connectivity index (χ3v) is 2.97. The van der Waals surface area contributed by atoms with Crippen molar-refractivity contribution in [3.8, 4) is 17.1 Å². The van der Waals surface area contributed by atoms with E-state index in [1.54, 1.807) is 7.11 Å². The summed E-state index contributed by atoms with van der Waals surface area (Å²) in [5, 5.41) is 4.00. The highest BCUT2D eigenvalue weighted by Crippen LogP contribution is 2.19. The van der Waals surface area contributed by atoms with Gasteiger partial charge in [0.15, 0.2) is 0 Å². The van der Waals surface area contributed by atoms with E-state index < -0.39 is 0 Å². The SMILES string of the molecule is COc1ccc(-c2noc(CN(C)CCCN)n2)cc1. The lowest BCUT2D eigenvalue weighted by molar-refractivity contribution is 0.265. The molecule has 2 aromatic rings. The predicted molar refractivity (Wildman–Crippen MR) is 76.3 cm³/mol. The average molecular weight is 276 g/mol. The Morgan fingerprint density at radius 2 is 2.05 bits per heavy atom. The quantitative estimate of drug-likeness (QED) is 0.826. The van der Waals surface area contributed by atoms with Gasteiger partial charge < -0.3 is 15.0 Å². The Morgan fingerprint density at radius 1 is 1.30 bits per heavy atom. The van der Waals surface area contributed by atoms with Crippen LogP contribution in [0.5, 0.6) is 5.75 Å². The topological polar surface area (TPSA) is 77.4 Å². The van der Waals surface area contributed by atoms with Gasteiger partial charge in [-0.3, -0.25) is 4.90 Å². The summed E-state index contributed by atoms with van der Waals surface area (Å²) in [6.07, 6.45) is 0.954. The fourth-order valence-electron chi connectivity index (χ4n) is 1.85. The van der Waals surface area contributed by atoms with Crippen molar-refractivity contribution in [2.45, 2.75) is 13.0 Å². The van der Waals surface area contributed by atoms with E-state index in [2.05, 4.69) is 15.0 Å². The van der Waals surface area contributed by atoms with E-state index in [-0.39, 0.29) is 0 Å². The molecule has 0 aliphatic carbocycles. The highest BCUT2D eigenvalue weighted by atomic mass is 16.5. The molecular weight excluding hydrogens is 256 g/mol. The average Bonchev–Trinajstić information content (AvgIpc) is 2.93. The zero-order valence-electron chi connectivity index (χ0n) is 11.9. The number of nitrogens with zero attached hydrogens (tertiary/aromatic N) is 3. The lowest BCUT2D eigenvalue weighted by Gasteiger charge is -2.12. The molecule has 108 valence electrons. The second-order valence-electron chi connectivity index (χ2n) is 4.62. The second-order valence-corrected chi connectivity index (χ2v) is 4.62. The standard InChI is InChI=1S/C14H20N4O2/c1-18(9-3-8-15)10-13-16-14(17-20-13)11-4-6-12(19-2)7-5-11/h4-7H,3,8-10,15H2,1-2H3. The van der Waals surface area contributed by atoms with Gasteiger partial charge in [0, 0.05) is 5.56 Å². The van der Waals surface area contributed by atoms with Crippen LogP contribution in [0, 0.1) is 0 Å². The molecule has 1 aromatic carbocycles. The Morgan fingerprint density at radius 3 is 2.70 bits per heavy atom. The molecule has 0 saturated heterocycles. The van der Waals surface area contributed by atoms with Gasteiger partial charge in [0.25, 0.3) is 0 Å². The van der Waals surface area contributed by atoms with Crippen LogP contribution < -0.4 is 10.5 Å². The van der Waals surface area contributed by atoms with Crippen LogP contribution in [0.15, 0.2) is 28.8 Å². The molecule has 1 aromatic heterocycles. The van der Waals surface area contributed by atoms with E-state index in [9.17, 15) is 0 Å². The van der Waals surface area contributed by atoms with Crippen LogP contribution in [0.25, 0.3) is 11.4 Å². The number of aromatic nitrogens is 2. The first-order valence-corrected chi connectivity index (χ1v) is 6.58. The molecule has 6 heteroatoms. The van der Waals surface area contributed by atoms with Gasteiger partial charge in [-0.1, -0.05) is 5.16 Å². The molecule has 0 aliphatic rings. The van der Waals surface area contributed by atoms with Crippen molar-refractivity contribution in [2.75, 3.05) is 27.2 Å². The van der Waals surface area contributed by atoms with Crippen LogP contribution in [0.2, 0.25) is 0 Å². The van der Waals surface area contributed by atoms with Crippen molar-refractivity contribution < 1.29 is 9.26 Å². The summed E-state index contributed by atoms with van der Waals surface area (Å²) < 4.78 is 10.4. The smallest absolute Gasteiger partial charge is 0.241 e. The molecule has 0 unspecified atom stereocenters. The maximum absolute atomic E-state index is 5.49. The first-order valence-electron chi connectivity index (χ1n) is 6.58. The molecule has 1 heterocycles. The van der Waals surface area contributed by atoms with Crippen LogP contribution in [-0.4, -0.2) is 42.3 Å². The number of benzene rings is 1. The number of rotatable bonds is 7. The van der Waals surface area contributed by atoms with Gasteiger partial charge in [0.05, 0.1) is 13.7 Å². The van der Waals surface area contributed by atoms with Crippen molar-refractivity contribution in [3.05, 3.63) is 30.2 Å². The van der Waals surface area contributed by atoms with Crippen molar-refractivity contribution in [1.82, 2.24) is 15.0 Å². The van der Waals surface area contributed by atoms with Gasteiger partial charge >= 0.3 is 0 Å². The maximum Gasteiger partial charge on any atom is 0.241 e. The highest BCUT2D eigenvalue weighted by molar-refractivity contribution is 5.55. The van der Waals surface area contributed by atoms with Gasteiger partial charge in [-0.25, -0.2) is 0 Å². The molecular formula is C14H20N4O2. The van der Waals surface area contributed by atoms with E-state index in [4.69, 9.17) is 15.0 Å². The van der Waals surface area contributed by atoms with E-state index in [0.717, 1.165) is 24.3 Å². The predicted octanol–water partition coefficient (Wildman–Crippen LogP) is 1.53. The molecule has 0 amide bonds. The molecule has 2 N–H and O–H groups in total. The third-order valence-electron chi connectivity index (χ3n) is 2.97. The number of hydrogen-bond donors (Lipinski definition) is 1. The molecule has 20 heavy (non-hydrogen) atoms. The highest BCUT2D eigenvalue weighted by Gasteiger charge is 2.10. The molecule has 2 rings (SSSR count). The Labute approximate surface area is 118 Å². The zero-order valence-corrected chi connectivity index (χ0v) is 11.9. The fraction of sp³-hybridized carbons (Fsp3) is 0.429. The summed E-state index contributed by atoms with van der Waals surface area (Å²) >= 11 is 0. The van der Waals surface area contributed by atoms with Gasteiger partial charge in [-0.2, -0.15) is 4.98 Å². The monoisotopic (exact) mass is 276 g/mol. The van der Waals surface area contributed by atoms with E-state index in [1.165, 1.54) is 0 Å². The fourth-order valence-corrected chi connectivity index (χ4v) is 1.85. The lowest BCUT2D eigenvalue weighted by atomic mass is 10.2. The minimum absolute atomic E-state index is 0.592. The minimum Gasteiger partial charge on any atom is -0.497 e. The van der Waals surface area contributed by atoms with Crippen molar-refractivity contribution in [1.29, 1.82) is 0 Å². The van der Waals surface area contributed by atoms with E-state index in [1.807, 2.05) is 31.3 Å². The van der Waals surface area contributed by atoms with Gasteiger partial charge in [-0.15, -0.1) is 0 Å². The number of ether oxygens (including phenoxy) is 1. The minimum atomic E-state index is 0.592. The van der Waals surface area contributed by atoms with Gasteiger partial charge in [0.1, 0.15) is 5.75 Å². The van der Waals surface area contributed by atoms with Crippen LogP contribution in [0.4, 0.5) is 0 Å². The first kappa shape index (κ1) is 14.5. The Kier molecular flexibility index (Phi) is 5.09. The third kappa shape index (κ3) is 3.79. The molecule has 0 bridgehead atoms. The van der Waals surface area contributed by atoms with Crippen molar-refractivity contribution in [3.63, 3.8) is 0 Å². The summed E-state index contributed by atoms with van der Waals surface area (Å²) in [5.74, 6) is 2.00. The van der Waals surface area contributed by atoms with Crippen molar-refractivity contribution >= 4 is 0 Å². The number of nitrogens with two attached hydrogens (primary N) is 1. The Hall–Kier alpha value is -1.92. The van der Waals surface area contributed by atoms with E-state index >= 15 is 0 Å². The first-order chi connectivity index (χ1) is 9.72. The summed E-state index contributed by atoms with van der Waals surface area (Å²) in [4.78, 5) is 6.50. The lowest BCUT2D eigenvalue weighted by Crippen LogP contribution is -2.21. The summed E-state index contributed by atoms with van der Waals surface area (Å²) in [7, 11) is 3.64.